The van der Waals surface area contributed by atoms with E-state index in [1.165, 1.54) is 11.3 Å². The first-order chi connectivity index (χ1) is 10.2. The Balaban J connectivity index is 2.10. The number of benzene rings is 1. The monoisotopic (exact) mass is 300 g/mol. The second-order valence-electron chi connectivity index (χ2n) is 4.48. The quantitative estimate of drug-likeness (QED) is 0.770. The molecule has 2 N–H and O–H groups in total. The van der Waals surface area contributed by atoms with Crippen molar-refractivity contribution in [2.75, 3.05) is 5.32 Å². The average Bonchev–Trinajstić information content (AvgIpc) is 3.01. The summed E-state index contributed by atoms with van der Waals surface area (Å²) in [4.78, 5) is 15.6. The Morgan fingerprint density at radius 3 is 2.86 bits per heavy atom. The number of aromatic carboxylic acids is 1. The molecule has 1 unspecified atom stereocenters. The van der Waals surface area contributed by atoms with E-state index in [9.17, 15) is 9.90 Å². The van der Waals surface area contributed by atoms with Gasteiger partial charge in [0.25, 0.3) is 0 Å². The van der Waals surface area contributed by atoms with Crippen LogP contribution in [0.15, 0.2) is 35.8 Å². The Hall–Kier alpha value is -2.54. The van der Waals surface area contributed by atoms with Gasteiger partial charge in [-0.1, -0.05) is 18.2 Å². The van der Waals surface area contributed by atoms with E-state index >= 15 is 0 Å². The van der Waals surface area contributed by atoms with Gasteiger partial charge in [0.15, 0.2) is 5.69 Å². The van der Waals surface area contributed by atoms with Crippen LogP contribution in [0.25, 0.3) is 10.9 Å². The van der Waals surface area contributed by atoms with Crippen molar-refractivity contribution in [3.05, 3.63) is 46.5 Å². The Morgan fingerprint density at radius 1 is 1.33 bits per heavy atom. The molecular formula is C14H12N4O2S. The molecule has 0 saturated carbocycles. The van der Waals surface area contributed by atoms with Crippen LogP contribution in [0.4, 0.5) is 5.69 Å². The van der Waals surface area contributed by atoms with Crippen molar-refractivity contribution in [3.63, 3.8) is 0 Å². The van der Waals surface area contributed by atoms with Gasteiger partial charge in [0, 0.05) is 17.0 Å². The van der Waals surface area contributed by atoms with Crippen molar-refractivity contribution < 1.29 is 9.90 Å². The lowest BCUT2D eigenvalue weighted by molar-refractivity contribution is 0.0690. The fourth-order valence-corrected chi connectivity index (χ4v) is 2.72. The number of carbonyl (C=O) groups is 1. The maximum absolute atomic E-state index is 11.4. The zero-order valence-corrected chi connectivity index (χ0v) is 12.0. The third-order valence-corrected chi connectivity index (χ3v) is 4.01. The third-order valence-electron chi connectivity index (χ3n) is 3.05. The number of nitrogens with zero attached hydrogens (tertiary/aromatic N) is 3. The molecule has 3 aromatic rings. The number of anilines is 1. The lowest BCUT2D eigenvalue weighted by Crippen LogP contribution is -2.13. The number of rotatable bonds is 4. The molecule has 0 spiro atoms. The SMILES string of the molecule is CC(Nc1c(C(=O)O)nnc2ccccc12)c1nccs1. The fraction of sp³-hybridized carbons (Fsp3) is 0.143. The van der Waals surface area contributed by atoms with Crippen LogP contribution >= 0.6 is 11.3 Å². The molecule has 21 heavy (non-hydrogen) atoms. The van der Waals surface area contributed by atoms with Gasteiger partial charge in [0.1, 0.15) is 5.01 Å². The second kappa shape index (κ2) is 5.45. The molecule has 2 aromatic heterocycles. The van der Waals surface area contributed by atoms with Crippen LogP contribution in [0, 0.1) is 0 Å². The molecule has 0 aliphatic carbocycles. The summed E-state index contributed by atoms with van der Waals surface area (Å²) in [6.45, 7) is 1.93. The fourth-order valence-electron chi connectivity index (χ4n) is 2.08. The number of carboxylic acids is 1. The molecule has 0 aliphatic heterocycles. The molecule has 0 bridgehead atoms. The first-order valence-electron chi connectivity index (χ1n) is 6.31. The van der Waals surface area contributed by atoms with E-state index < -0.39 is 5.97 Å². The van der Waals surface area contributed by atoms with E-state index in [0.717, 1.165) is 10.4 Å². The Bertz CT molecular complexity index is 789. The summed E-state index contributed by atoms with van der Waals surface area (Å²) in [5, 5.41) is 23.8. The summed E-state index contributed by atoms with van der Waals surface area (Å²) in [6.07, 6.45) is 1.72. The maximum atomic E-state index is 11.4. The molecule has 0 aliphatic rings. The molecule has 0 radical (unpaired) electrons. The van der Waals surface area contributed by atoms with E-state index in [-0.39, 0.29) is 11.7 Å². The third kappa shape index (κ3) is 2.55. The highest BCUT2D eigenvalue weighted by atomic mass is 32.1. The summed E-state index contributed by atoms with van der Waals surface area (Å²) < 4.78 is 0. The van der Waals surface area contributed by atoms with E-state index in [1.807, 2.05) is 30.5 Å². The van der Waals surface area contributed by atoms with Gasteiger partial charge in [0.2, 0.25) is 0 Å². The number of aromatic nitrogens is 3. The number of carboxylic acid groups (broad SMARTS) is 1. The van der Waals surface area contributed by atoms with Crippen LogP contribution in [-0.4, -0.2) is 26.3 Å². The molecule has 6 nitrogen and oxygen atoms in total. The predicted molar refractivity (Wildman–Crippen MR) is 80.6 cm³/mol. The van der Waals surface area contributed by atoms with Gasteiger partial charge >= 0.3 is 5.97 Å². The zero-order valence-electron chi connectivity index (χ0n) is 11.1. The highest BCUT2D eigenvalue weighted by molar-refractivity contribution is 7.09. The van der Waals surface area contributed by atoms with E-state index in [0.29, 0.717) is 11.2 Å². The normalized spacial score (nSPS) is 12.2. The number of hydrogen-bond donors (Lipinski definition) is 2. The number of fused-ring (bicyclic) bond motifs is 1. The van der Waals surface area contributed by atoms with Gasteiger partial charge in [0.05, 0.1) is 17.2 Å². The van der Waals surface area contributed by atoms with Crippen LogP contribution in [-0.2, 0) is 0 Å². The molecule has 2 heterocycles. The zero-order chi connectivity index (χ0) is 14.8. The van der Waals surface area contributed by atoms with Gasteiger partial charge in [-0.15, -0.1) is 21.5 Å². The molecule has 7 heteroatoms. The van der Waals surface area contributed by atoms with Crippen molar-refractivity contribution >= 4 is 33.9 Å². The first kappa shape index (κ1) is 13.4. The van der Waals surface area contributed by atoms with Crippen molar-refractivity contribution in [2.45, 2.75) is 13.0 Å². The highest BCUT2D eigenvalue weighted by Gasteiger charge is 2.19. The van der Waals surface area contributed by atoms with Gasteiger partial charge in [-0.2, -0.15) is 0 Å². The van der Waals surface area contributed by atoms with Gasteiger partial charge in [-0.05, 0) is 13.0 Å². The van der Waals surface area contributed by atoms with Gasteiger partial charge < -0.3 is 10.4 Å². The summed E-state index contributed by atoms with van der Waals surface area (Å²) >= 11 is 1.51. The predicted octanol–water partition coefficient (Wildman–Crippen LogP) is 2.96. The smallest absolute Gasteiger partial charge is 0.358 e. The standard InChI is InChI=1S/C14H12N4O2S/c1-8(13-15-6-7-21-13)16-11-9-4-2-3-5-10(9)17-18-12(11)14(19)20/h2-8H,1H3,(H,16,17)(H,19,20). The van der Waals surface area contributed by atoms with Gasteiger partial charge in [-0.3, -0.25) is 0 Å². The van der Waals surface area contributed by atoms with Crippen molar-refractivity contribution in [1.29, 1.82) is 0 Å². The molecular weight excluding hydrogens is 288 g/mol. The molecule has 0 amide bonds. The largest absolute Gasteiger partial charge is 0.476 e. The maximum Gasteiger partial charge on any atom is 0.358 e. The minimum absolute atomic E-state index is 0.0860. The molecule has 0 saturated heterocycles. The van der Waals surface area contributed by atoms with Crippen molar-refractivity contribution in [3.8, 4) is 0 Å². The van der Waals surface area contributed by atoms with E-state index in [4.69, 9.17) is 0 Å². The Morgan fingerprint density at radius 2 is 2.14 bits per heavy atom. The number of hydrogen-bond acceptors (Lipinski definition) is 6. The molecule has 3 rings (SSSR count). The minimum Gasteiger partial charge on any atom is -0.476 e. The topological polar surface area (TPSA) is 88.0 Å². The number of nitrogens with one attached hydrogen (secondary N) is 1. The Kier molecular flexibility index (Phi) is 3.49. The van der Waals surface area contributed by atoms with Crippen LogP contribution in [0.2, 0.25) is 0 Å². The highest BCUT2D eigenvalue weighted by Crippen LogP contribution is 2.28. The van der Waals surface area contributed by atoms with Crippen LogP contribution in [0.3, 0.4) is 0 Å². The summed E-state index contributed by atoms with van der Waals surface area (Å²) in [7, 11) is 0. The van der Waals surface area contributed by atoms with Crippen LogP contribution in [0.5, 0.6) is 0 Å². The van der Waals surface area contributed by atoms with Crippen LogP contribution in [0.1, 0.15) is 28.5 Å². The summed E-state index contributed by atoms with van der Waals surface area (Å²) in [6, 6.07) is 7.19. The first-order valence-corrected chi connectivity index (χ1v) is 7.19. The summed E-state index contributed by atoms with van der Waals surface area (Å²) in [5.41, 5.74) is 1.03. The van der Waals surface area contributed by atoms with Crippen LogP contribution < -0.4 is 5.32 Å². The summed E-state index contributed by atoms with van der Waals surface area (Å²) in [5.74, 6) is -1.11. The second-order valence-corrected chi connectivity index (χ2v) is 5.41. The minimum atomic E-state index is -1.11. The lowest BCUT2D eigenvalue weighted by atomic mass is 10.1. The average molecular weight is 300 g/mol. The van der Waals surface area contributed by atoms with E-state index in [1.54, 1.807) is 12.3 Å². The lowest BCUT2D eigenvalue weighted by Gasteiger charge is -2.15. The van der Waals surface area contributed by atoms with E-state index in [2.05, 4.69) is 20.5 Å². The molecule has 106 valence electrons. The Labute approximate surface area is 124 Å². The van der Waals surface area contributed by atoms with Gasteiger partial charge in [-0.25, -0.2) is 9.78 Å². The van der Waals surface area contributed by atoms with Crippen molar-refractivity contribution in [1.82, 2.24) is 15.2 Å². The number of thiazole rings is 1. The van der Waals surface area contributed by atoms with Crippen molar-refractivity contribution in [2.24, 2.45) is 0 Å². The molecule has 0 fully saturated rings. The molecule has 1 atom stereocenters. The molecule has 1 aromatic carbocycles.